The minimum Gasteiger partial charge on any atom is -0.306 e. The van der Waals surface area contributed by atoms with Crippen LogP contribution >= 0.6 is 0 Å². The first-order chi connectivity index (χ1) is 12.2. The molecule has 0 unspecified atom stereocenters. The molecule has 6 heteroatoms. The Balaban J connectivity index is 1.61. The Morgan fingerprint density at radius 3 is 2.80 bits per heavy atom. The van der Waals surface area contributed by atoms with Crippen molar-refractivity contribution in [3.63, 3.8) is 0 Å². The molecule has 0 radical (unpaired) electrons. The van der Waals surface area contributed by atoms with Crippen LogP contribution in [0.5, 0.6) is 0 Å². The highest BCUT2D eigenvalue weighted by Crippen LogP contribution is 2.19. The second-order valence-corrected chi connectivity index (χ2v) is 6.31. The average Bonchev–Trinajstić information content (AvgIpc) is 2.62. The van der Waals surface area contributed by atoms with Crippen LogP contribution in [0.25, 0.3) is 11.4 Å². The maximum Gasteiger partial charge on any atom is 0.254 e. The fraction of sp³-hybridized carbons (Fsp3) is 0.263. The van der Waals surface area contributed by atoms with Gasteiger partial charge < -0.3 is 4.98 Å². The molecule has 0 spiro atoms. The summed E-state index contributed by atoms with van der Waals surface area (Å²) in [6, 6.07) is 9.76. The summed E-state index contributed by atoms with van der Waals surface area (Å²) >= 11 is 0. The van der Waals surface area contributed by atoms with Gasteiger partial charge in [0.25, 0.3) is 5.56 Å². The first-order valence-corrected chi connectivity index (χ1v) is 8.36. The van der Waals surface area contributed by atoms with E-state index in [0.717, 1.165) is 41.3 Å². The lowest BCUT2D eigenvalue weighted by Gasteiger charge is -2.27. The summed E-state index contributed by atoms with van der Waals surface area (Å²) in [7, 11) is 0. The van der Waals surface area contributed by atoms with Crippen LogP contribution in [0.3, 0.4) is 0 Å². The highest BCUT2D eigenvalue weighted by Gasteiger charge is 2.21. The van der Waals surface area contributed by atoms with Crippen molar-refractivity contribution in [3.05, 3.63) is 75.7 Å². The average molecular weight is 333 g/mol. The number of aryl methyl sites for hydroxylation is 1. The van der Waals surface area contributed by atoms with Crippen LogP contribution in [0.15, 0.2) is 47.5 Å². The van der Waals surface area contributed by atoms with Crippen molar-refractivity contribution in [1.82, 2.24) is 24.8 Å². The lowest BCUT2D eigenvalue weighted by Crippen LogP contribution is -2.35. The third-order valence-electron chi connectivity index (χ3n) is 4.44. The van der Waals surface area contributed by atoms with Crippen molar-refractivity contribution in [2.24, 2.45) is 0 Å². The second-order valence-electron chi connectivity index (χ2n) is 6.31. The van der Waals surface area contributed by atoms with Gasteiger partial charge in [-0.05, 0) is 37.6 Å². The molecular formula is C19H19N5O. The number of H-pyrrole nitrogens is 1. The van der Waals surface area contributed by atoms with Crippen LogP contribution < -0.4 is 5.56 Å². The van der Waals surface area contributed by atoms with Crippen molar-refractivity contribution >= 4 is 0 Å². The molecule has 4 heterocycles. The molecule has 1 N–H and O–H groups in total. The number of aromatic amines is 1. The number of nitrogens with one attached hydrogen (secondary N) is 1. The maximum atomic E-state index is 12.4. The van der Waals surface area contributed by atoms with Crippen molar-refractivity contribution in [2.45, 2.75) is 26.4 Å². The molecule has 0 aliphatic carbocycles. The Morgan fingerprint density at radius 2 is 2.00 bits per heavy atom. The molecule has 1 aliphatic rings. The predicted octanol–water partition coefficient (Wildman–Crippen LogP) is 2.09. The molecule has 0 saturated heterocycles. The van der Waals surface area contributed by atoms with E-state index < -0.39 is 0 Å². The van der Waals surface area contributed by atoms with Gasteiger partial charge in [0.05, 0.1) is 11.4 Å². The minimum atomic E-state index is -0.0369. The molecule has 0 saturated carbocycles. The lowest BCUT2D eigenvalue weighted by atomic mass is 10.1. The van der Waals surface area contributed by atoms with E-state index in [0.29, 0.717) is 18.8 Å². The second kappa shape index (κ2) is 6.57. The van der Waals surface area contributed by atoms with Crippen molar-refractivity contribution in [2.75, 3.05) is 6.54 Å². The number of rotatable bonds is 3. The van der Waals surface area contributed by atoms with Gasteiger partial charge in [-0.1, -0.05) is 6.07 Å². The van der Waals surface area contributed by atoms with Crippen LogP contribution in [0.2, 0.25) is 0 Å². The van der Waals surface area contributed by atoms with E-state index in [2.05, 4.69) is 19.9 Å². The molecule has 3 aromatic rings. The van der Waals surface area contributed by atoms with Crippen molar-refractivity contribution in [3.8, 4) is 11.4 Å². The zero-order chi connectivity index (χ0) is 17.2. The van der Waals surface area contributed by atoms with Crippen LogP contribution in [-0.4, -0.2) is 31.4 Å². The minimum absolute atomic E-state index is 0.0369. The monoisotopic (exact) mass is 333 g/mol. The standard InChI is InChI=1S/C19H19N5O/c1-13-3-2-4-15(21-13)11-24-10-7-16-17(12-24)22-18(23-19(16)25)14-5-8-20-9-6-14/h2-6,8-9H,7,10-12H2,1H3,(H,22,23,25). The van der Waals surface area contributed by atoms with E-state index in [1.165, 1.54) is 0 Å². The third-order valence-corrected chi connectivity index (χ3v) is 4.44. The Hall–Kier alpha value is -2.86. The van der Waals surface area contributed by atoms with Crippen LogP contribution in [0.1, 0.15) is 22.6 Å². The van der Waals surface area contributed by atoms with Gasteiger partial charge in [0.15, 0.2) is 0 Å². The summed E-state index contributed by atoms with van der Waals surface area (Å²) in [6.45, 7) is 4.26. The summed E-state index contributed by atoms with van der Waals surface area (Å²) in [5, 5.41) is 0. The van der Waals surface area contributed by atoms with Gasteiger partial charge in [-0.3, -0.25) is 19.7 Å². The normalized spacial score (nSPS) is 14.3. The maximum absolute atomic E-state index is 12.4. The molecule has 1 aliphatic heterocycles. The number of aromatic nitrogens is 4. The van der Waals surface area contributed by atoms with Crippen LogP contribution in [-0.2, 0) is 19.5 Å². The van der Waals surface area contributed by atoms with Gasteiger partial charge in [0, 0.05) is 48.8 Å². The summed E-state index contributed by atoms with van der Waals surface area (Å²) in [6.07, 6.45) is 4.11. The van der Waals surface area contributed by atoms with E-state index >= 15 is 0 Å². The summed E-state index contributed by atoms with van der Waals surface area (Å²) in [5.74, 6) is 0.599. The molecule has 0 amide bonds. The molecule has 0 fully saturated rings. The zero-order valence-corrected chi connectivity index (χ0v) is 14.1. The van der Waals surface area contributed by atoms with Gasteiger partial charge in [-0.25, -0.2) is 4.98 Å². The topological polar surface area (TPSA) is 74.8 Å². The number of nitrogens with zero attached hydrogens (tertiary/aromatic N) is 4. The SMILES string of the molecule is Cc1cccc(CN2CCc3c(nc(-c4ccncc4)[nH]c3=O)C2)n1. The summed E-state index contributed by atoms with van der Waals surface area (Å²) in [4.78, 5) is 30.9. The van der Waals surface area contributed by atoms with E-state index in [1.807, 2.05) is 37.3 Å². The van der Waals surface area contributed by atoms with Crippen LogP contribution in [0, 0.1) is 6.92 Å². The highest BCUT2D eigenvalue weighted by atomic mass is 16.1. The fourth-order valence-corrected chi connectivity index (χ4v) is 3.19. The lowest BCUT2D eigenvalue weighted by molar-refractivity contribution is 0.237. The van der Waals surface area contributed by atoms with Gasteiger partial charge in [0.2, 0.25) is 0 Å². The zero-order valence-electron chi connectivity index (χ0n) is 14.1. The first kappa shape index (κ1) is 15.7. The van der Waals surface area contributed by atoms with Gasteiger partial charge in [-0.2, -0.15) is 0 Å². The highest BCUT2D eigenvalue weighted by molar-refractivity contribution is 5.54. The molecule has 3 aromatic heterocycles. The molecule has 6 nitrogen and oxygen atoms in total. The molecule has 126 valence electrons. The molecule has 0 aromatic carbocycles. The Bertz CT molecular complexity index is 952. The van der Waals surface area contributed by atoms with E-state index in [4.69, 9.17) is 4.98 Å². The van der Waals surface area contributed by atoms with E-state index in [9.17, 15) is 4.79 Å². The Kier molecular flexibility index (Phi) is 4.11. The number of fused-ring (bicyclic) bond motifs is 1. The summed E-state index contributed by atoms with van der Waals surface area (Å²) in [5.41, 5.74) is 4.55. The number of hydrogen-bond acceptors (Lipinski definition) is 5. The first-order valence-electron chi connectivity index (χ1n) is 8.36. The van der Waals surface area contributed by atoms with Gasteiger partial charge >= 0.3 is 0 Å². The Labute approximate surface area is 145 Å². The van der Waals surface area contributed by atoms with E-state index in [1.54, 1.807) is 12.4 Å². The molecular weight excluding hydrogens is 314 g/mol. The molecule has 25 heavy (non-hydrogen) atoms. The third kappa shape index (κ3) is 3.34. The molecule has 0 bridgehead atoms. The largest absolute Gasteiger partial charge is 0.306 e. The van der Waals surface area contributed by atoms with Gasteiger partial charge in [0.1, 0.15) is 5.82 Å². The summed E-state index contributed by atoms with van der Waals surface area (Å²) < 4.78 is 0. The predicted molar refractivity (Wildman–Crippen MR) is 94.9 cm³/mol. The van der Waals surface area contributed by atoms with Crippen molar-refractivity contribution in [1.29, 1.82) is 0 Å². The Morgan fingerprint density at radius 1 is 1.16 bits per heavy atom. The van der Waals surface area contributed by atoms with E-state index in [-0.39, 0.29) is 5.56 Å². The number of pyridine rings is 2. The van der Waals surface area contributed by atoms with Gasteiger partial charge in [-0.15, -0.1) is 0 Å². The quantitative estimate of drug-likeness (QED) is 0.794. The number of hydrogen-bond donors (Lipinski definition) is 1. The van der Waals surface area contributed by atoms with Crippen LogP contribution in [0.4, 0.5) is 0 Å². The smallest absolute Gasteiger partial charge is 0.254 e. The fourth-order valence-electron chi connectivity index (χ4n) is 3.19. The van der Waals surface area contributed by atoms with Crippen molar-refractivity contribution < 1.29 is 0 Å². The molecule has 4 rings (SSSR count). The molecule has 0 atom stereocenters.